The maximum Gasteiger partial charge on any atom is 0.233 e. The fourth-order valence-electron chi connectivity index (χ4n) is 2.57. The van der Waals surface area contributed by atoms with Crippen LogP contribution in [0.4, 0.5) is 0 Å². The second-order valence-corrected chi connectivity index (χ2v) is 6.17. The Bertz CT molecular complexity index is 336. The molecule has 0 unspecified atom stereocenters. The van der Waals surface area contributed by atoms with Gasteiger partial charge in [0, 0.05) is 13.2 Å². The number of nitrogens with one attached hydrogen (secondary N) is 1. The first-order valence-electron chi connectivity index (χ1n) is 6.70. The van der Waals surface area contributed by atoms with Gasteiger partial charge in [-0.3, -0.25) is 4.79 Å². The normalized spacial score (nSPS) is 30.6. The van der Waals surface area contributed by atoms with Crippen LogP contribution >= 0.6 is 12.2 Å². The Morgan fingerprint density at radius 1 is 1.50 bits per heavy atom. The van der Waals surface area contributed by atoms with Gasteiger partial charge in [-0.1, -0.05) is 19.1 Å². The molecule has 0 saturated heterocycles. The van der Waals surface area contributed by atoms with Gasteiger partial charge in [-0.15, -0.1) is 0 Å². The number of hydrogen-bond donors (Lipinski definition) is 2. The number of thiocarbonyl (C=S) groups is 1. The molecule has 0 aliphatic heterocycles. The van der Waals surface area contributed by atoms with E-state index in [1.165, 1.54) is 12.8 Å². The van der Waals surface area contributed by atoms with Crippen LogP contribution in [-0.2, 0) is 9.53 Å². The molecule has 18 heavy (non-hydrogen) atoms. The molecule has 0 aromatic heterocycles. The van der Waals surface area contributed by atoms with E-state index in [0.29, 0.717) is 24.1 Å². The van der Waals surface area contributed by atoms with Crippen LogP contribution in [-0.4, -0.2) is 30.7 Å². The van der Waals surface area contributed by atoms with Crippen molar-refractivity contribution in [3.8, 4) is 0 Å². The van der Waals surface area contributed by atoms with Crippen molar-refractivity contribution in [3.05, 3.63) is 0 Å². The molecular weight excluding hydrogens is 248 g/mol. The highest BCUT2D eigenvalue weighted by Gasteiger charge is 2.50. The summed E-state index contributed by atoms with van der Waals surface area (Å²) >= 11 is 5.04. The maximum absolute atomic E-state index is 12.1. The molecule has 2 aliphatic rings. The highest BCUT2D eigenvalue weighted by Crippen LogP contribution is 2.45. The lowest BCUT2D eigenvalue weighted by Gasteiger charge is -2.44. The third-order valence-electron chi connectivity index (χ3n) is 3.88. The van der Waals surface area contributed by atoms with E-state index < -0.39 is 5.41 Å². The molecule has 0 radical (unpaired) electrons. The standard InChI is InChI=1S/C13H22N2O2S/c1-9-6-13(7-9,11(14)18)12(16)15-4-5-17-8-10-2-3-10/h9-10H,2-8H2,1H3,(H2,14,18)(H,15,16). The van der Waals surface area contributed by atoms with Crippen molar-refractivity contribution in [1.82, 2.24) is 5.32 Å². The number of carbonyl (C=O) groups is 1. The van der Waals surface area contributed by atoms with Crippen LogP contribution in [0.1, 0.15) is 32.6 Å². The third-order valence-corrected chi connectivity index (χ3v) is 4.27. The summed E-state index contributed by atoms with van der Waals surface area (Å²) in [6, 6.07) is 0. The van der Waals surface area contributed by atoms with Gasteiger partial charge in [0.2, 0.25) is 5.91 Å². The zero-order valence-corrected chi connectivity index (χ0v) is 11.7. The highest BCUT2D eigenvalue weighted by atomic mass is 32.1. The summed E-state index contributed by atoms with van der Waals surface area (Å²) in [5.41, 5.74) is 5.12. The van der Waals surface area contributed by atoms with E-state index in [2.05, 4.69) is 12.2 Å². The average Bonchev–Trinajstić information content (AvgIpc) is 3.07. The van der Waals surface area contributed by atoms with Gasteiger partial charge in [0.15, 0.2) is 0 Å². The van der Waals surface area contributed by atoms with E-state index >= 15 is 0 Å². The summed E-state index contributed by atoms with van der Waals surface area (Å²) in [6.07, 6.45) is 4.12. The monoisotopic (exact) mass is 270 g/mol. The lowest BCUT2D eigenvalue weighted by Crippen LogP contribution is -2.56. The number of hydrogen-bond acceptors (Lipinski definition) is 3. The number of rotatable bonds is 7. The van der Waals surface area contributed by atoms with Crippen molar-refractivity contribution in [3.63, 3.8) is 0 Å². The summed E-state index contributed by atoms with van der Waals surface area (Å²) in [4.78, 5) is 12.4. The van der Waals surface area contributed by atoms with Gasteiger partial charge < -0.3 is 15.8 Å². The lowest BCUT2D eigenvalue weighted by molar-refractivity contribution is -0.133. The summed E-state index contributed by atoms with van der Waals surface area (Å²) in [6.45, 7) is 4.06. The topological polar surface area (TPSA) is 64.3 Å². The molecule has 0 heterocycles. The number of carbonyl (C=O) groups excluding carboxylic acids is 1. The van der Waals surface area contributed by atoms with Crippen LogP contribution in [0, 0.1) is 17.3 Å². The van der Waals surface area contributed by atoms with Crippen molar-refractivity contribution in [1.29, 1.82) is 0 Å². The predicted molar refractivity (Wildman–Crippen MR) is 74.2 cm³/mol. The molecular formula is C13H22N2O2S. The molecule has 1 amide bonds. The molecule has 4 nitrogen and oxygen atoms in total. The van der Waals surface area contributed by atoms with Gasteiger partial charge in [0.05, 0.1) is 17.0 Å². The lowest BCUT2D eigenvalue weighted by atomic mass is 9.62. The molecule has 0 spiro atoms. The highest BCUT2D eigenvalue weighted by molar-refractivity contribution is 7.80. The SMILES string of the molecule is CC1CC(C(=O)NCCOCC2CC2)(C(N)=S)C1. The fraction of sp³-hybridized carbons (Fsp3) is 0.846. The minimum absolute atomic E-state index is 0.0249. The van der Waals surface area contributed by atoms with Crippen LogP contribution in [0.5, 0.6) is 0 Å². The van der Waals surface area contributed by atoms with Crippen LogP contribution in [0.25, 0.3) is 0 Å². The van der Waals surface area contributed by atoms with E-state index in [4.69, 9.17) is 22.7 Å². The summed E-state index contributed by atoms with van der Waals surface area (Å²) in [7, 11) is 0. The molecule has 102 valence electrons. The van der Waals surface area contributed by atoms with E-state index in [1.54, 1.807) is 0 Å². The molecule has 0 atom stereocenters. The van der Waals surface area contributed by atoms with E-state index in [9.17, 15) is 4.79 Å². The molecule has 0 bridgehead atoms. The average molecular weight is 270 g/mol. The van der Waals surface area contributed by atoms with Crippen LogP contribution < -0.4 is 11.1 Å². The summed E-state index contributed by atoms with van der Waals surface area (Å²) in [5, 5.41) is 2.89. The Balaban J connectivity index is 1.67. The largest absolute Gasteiger partial charge is 0.392 e. The summed E-state index contributed by atoms with van der Waals surface area (Å²) < 4.78 is 5.48. The van der Waals surface area contributed by atoms with Crippen molar-refractivity contribution in [2.45, 2.75) is 32.6 Å². The number of ether oxygens (including phenoxy) is 1. The molecule has 0 aromatic carbocycles. The van der Waals surface area contributed by atoms with Crippen molar-refractivity contribution >= 4 is 23.1 Å². The van der Waals surface area contributed by atoms with Crippen LogP contribution in [0.15, 0.2) is 0 Å². The molecule has 0 aromatic rings. The Morgan fingerprint density at radius 2 is 2.17 bits per heavy atom. The van der Waals surface area contributed by atoms with Crippen LogP contribution in [0.3, 0.4) is 0 Å². The predicted octanol–water partition coefficient (Wildman–Crippen LogP) is 1.23. The van der Waals surface area contributed by atoms with Crippen molar-refractivity contribution in [2.24, 2.45) is 23.0 Å². The second-order valence-electron chi connectivity index (χ2n) is 5.73. The first-order chi connectivity index (χ1) is 8.54. The number of nitrogens with two attached hydrogens (primary N) is 1. The molecule has 2 aliphatic carbocycles. The van der Waals surface area contributed by atoms with E-state index in [0.717, 1.165) is 25.4 Å². The van der Waals surface area contributed by atoms with E-state index in [-0.39, 0.29) is 5.91 Å². The van der Waals surface area contributed by atoms with Gasteiger partial charge in [-0.2, -0.15) is 0 Å². The zero-order valence-electron chi connectivity index (χ0n) is 10.9. The first-order valence-corrected chi connectivity index (χ1v) is 7.11. The number of amides is 1. The Morgan fingerprint density at radius 3 is 2.67 bits per heavy atom. The minimum atomic E-state index is -0.592. The molecule has 2 rings (SSSR count). The van der Waals surface area contributed by atoms with Gasteiger partial charge in [0.25, 0.3) is 0 Å². The quantitative estimate of drug-likeness (QED) is 0.539. The summed E-state index contributed by atoms with van der Waals surface area (Å²) in [5.74, 6) is 1.27. The zero-order chi connectivity index (χ0) is 13.2. The fourth-order valence-corrected chi connectivity index (χ4v) is 2.83. The molecule has 2 fully saturated rings. The minimum Gasteiger partial charge on any atom is -0.392 e. The molecule has 5 heteroatoms. The first kappa shape index (κ1) is 13.7. The van der Waals surface area contributed by atoms with Crippen molar-refractivity contribution < 1.29 is 9.53 Å². The Labute approximate surface area is 114 Å². The van der Waals surface area contributed by atoms with Gasteiger partial charge in [-0.05, 0) is 37.5 Å². The van der Waals surface area contributed by atoms with Gasteiger partial charge >= 0.3 is 0 Å². The van der Waals surface area contributed by atoms with Gasteiger partial charge in [-0.25, -0.2) is 0 Å². The van der Waals surface area contributed by atoms with Gasteiger partial charge in [0.1, 0.15) is 0 Å². The Hall–Kier alpha value is -0.680. The molecule has 2 saturated carbocycles. The van der Waals surface area contributed by atoms with Crippen LogP contribution in [0.2, 0.25) is 0 Å². The third kappa shape index (κ3) is 3.01. The molecule has 3 N–H and O–H groups in total. The Kier molecular flexibility index (Phi) is 4.22. The smallest absolute Gasteiger partial charge is 0.233 e. The second kappa shape index (κ2) is 5.53. The van der Waals surface area contributed by atoms with Crippen molar-refractivity contribution in [2.75, 3.05) is 19.8 Å². The van der Waals surface area contributed by atoms with E-state index in [1.807, 2.05) is 0 Å². The maximum atomic E-state index is 12.1.